The average Bonchev–Trinajstić information content (AvgIpc) is 0.722. The monoisotopic (exact) mass is 108 g/mol. The van der Waals surface area contributed by atoms with Gasteiger partial charge in [0.15, 0.2) is 0 Å². The Balaban J connectivity index is 0. The maximum Gasteiger partial charge on any atom is 0.397 e. The molecule has 35 valence electrons. The van der Waals surface area contributed by atoms with E-state index in [1.165, 1.54) is 0 Å². The molecular weight excluding hydrogens is 104 g/mol. The third kappa shape index (κ3) is 1380. The molecule has 6 heavy (non-hydrogen) atoms. The molecule has 0 aliphatic carbocycles. The normalized spacial score (nSPS) is 9.83. The highest BCUT2D eigenvalue weighted by Gasteiger charge is 1.96. The van der Waals surface area contributed by atoms with Crippen LogP contribution >= 0.6 is 7.75 Å². The van der Waals surface area contributed by atoms with E-state index in [1.54, 1.807) is 0 Å². The Kier molecular flexibility index (Phi) is 3.74. The number of hydrogen-bond donors (Lipinski definition) is 3. The van der Waals surface area contributed by atoms with Crippen molar-refractivity contribution in [3.05, 3.63) is 0 Å². The molecule has 0 heterocycles. The maximum absolute atomic E-state index is 9.10. The molecule has 0 aliphatic heterocycles. The summed E-state index contributed by atoms with van der Waals surface area (Å²) in [7, 11) is -4.14. The minimum Gasteiger partial charge on any atom is -0.313 e. The van der Waals surface area contributed by atoms with Crippen molar-refractivity contribution in [3.63, 3.8) is 0 Å². The van der Waals surface area contributed by atoms with Crippen molar-refractivity contribution >= 4 is 16.2 Å². The first-order valence-electron chi connectivity index (χ1n) is 0.841. The fourth-order valence-electron chi connectivity index (χ4n) is 0. The first-order chi connectivity index (χ1) is 2.00. The Morgan fingerprint density at radius 2 is 1.50 bits per heavy atom. The van der Waals surface area contributed by atoms with Gasteiger partial charge >= 0.3 is 7.75 Å². The van der Waals surface area contributed by atoms with Gasteiger partial charge in [-0.1, -0.05) is 0 Å². The molecule has 0 aromatic heterocycles. The van der Waals surface area contributed by atoms with Crippen molar-refractivity contribution in [2.75, 3.05) is 0 Å². The van der Waals surface area contributed by atoms with E-state index in [0.29, 0.717) is 0 Å². The van der Waals surface area contributed by atoms with Gasteiger partial charge in [-0.15, -0.1) is 0 Å². The van der Waals surface area contributed by atoms with Crippen LogP contribution in [0.5, 0.6) is 0 Å². The fourth-order valence-corrected chi connectivity index (χ4v) is 0. The third-order valence-corrected chi connectivity index (χ3v) is 0. The van der Waals surface area contributed by atoms with Crippen molar-refractivity contribution in [2.24, 2.45) is 5.50 Å². The molecule has 0 aromatic rings. The number of hydrogen-bond acceptors (Lipinski definition) is 1. The zero-order valence-corrected chi connectivity index (χ0v) is 3.80. The number of rotatable bonds is 0. The van der Waals surface area contributed by atoms with Crippen molar-refractivity contribution in [1.29, 1.82) is 0 Å². The second-order valence-electron chi connectivity index (χ2n) is 0.589. The molecule has 0 aliphatic rings. The summed E-state index contributed by atoms with van der Waals surface area (Å²) in [5.74, 6) is 0. The molecule has 0 amide bonds. The topological polar surface area (TPSA) is 83.6 Å². The first kappa shape index (κ1) is 9.49. The Labute approximate surface area is 37.1 Å². The van der Waals surface area contributed by atoms with Crippen LogP contribution in [0.25, 0.3) is 0 Å². The van der Waals surface area contributed by atoms with Gasteiger partial charge in [0.2, 0.25) is 0 Å². The third-order valence-electron chi connectivity index (χ3n) is 0. The molecule has 0 saturated heterocycles. The highest BCUT2D eigenvalue weighted by atomic mass is 31.2. The second-order valence-corrected chi connectivity index (χ2v) is 1.77. The number of nitrogens with two attached hydrogens (primary N) is 1. The van der Waals surface area contributed by atoms with E-state index >= 15 is 0 Å². The van der Waals surface area contributed by atoms with Gasteiger partial charge < -0.3 is 9.79 Å². The van der Waals surface area contributed by atoms with Crippen LogP contribution in [0.2, 0.25) is 0 Å². The molecule has 0 aromatic carbocycles. The van der Waals surface area contributed by atoms with E-state index in [1.807, 2.05) is 0 Å². The summed E-state index contributed by atoms with van der Waals surface area (Å²) in [6.45, 7) is 0. The zero-order valence-electron chi connectivity index (χ0n) is 2.90. The van der Waals surface area contributed by atoms with Crippen LogP contribution < -0.4 is 5.50 Å². The summed E-state index contributed by atoms with van der Waals surface area (Å²) in [4.78, 5) is 14.8. The van der Waals surface area contributed by atoms with Gasteiger partial charge in [0.25, 0.3) is 0 Å². The van der Waals surface area contributed by atoms with E-state index in [4.69, 9.17) is 14.4 Å². The van der Waals surface area contributed by atoms with Gasteiger partial charge in [-0.05, 0) is 0 Å². The Morgan fingerprint density at radius 3 is 1.50 bits per heavy atom. The predicted molar refractivity (Wildman–Crippen MR) is 22.0 cm³/mol. The second kappa shape index (κ2) is 2.37. The first-order valence-corrected chi connectivity index (χ1v) is 2.52. The van der Waals surface area contributed by atoms with Gasteiger partial charge in [-0.2, -0.15) is 0 Å². The molecule has 0 rings (SSSR count). The fraction of sp³-hybridized carbons (Fsp3) is 0. The minimum atomic E-state index is -4.14. The zero-order chi connectivity index (χ0) is 4.50. The van der Waals surface area contributed by atoms with Crippen LogP contribution in [-0.4, -0.2) is 18.2 Å². The van der Waals surface area contributed by atoms with Gasteiger partial charge in [0.05, 0.1) is 0 Å². The lowest BCUT2D eigenvalue weighted by molar-refractivity contribution is 0.374. The van der Waals surface area contributed by atoms with Crippen LogP contribution in [0.1, 0.15) is 0 Å². The average molecular weight is 108 g/mol. The Morgan fingerprint density at radius 1 is 1.50 bits per heavy atom. The summed E-state index contributed by atoms with van der Waals surface area (Å²) < 4.78 is 9.10. The summed E-state index contributed by atoms with van der Waals surface area (Å²) in [6, 6.07) is 0. The summed E-state index contributed by atoms with van der Waals surface area (Å²) in [6.07, 6.45) is 0. The molecule has 0 atom stereocenters. The molecule has 4 N–H and O–H groups in total. The van der Waals surface area contributed by atoms with Crippen LogP contribution in [0, 0.1) is 0 Å². The van der Waals surface area contributed by atoms with E-state index in [0.717, 1.165) is 0 Å². The molecule has 3 radical (unpaired) electrons. The molecule has 0 spiro atoms. The molecule has 0 saturated carbocycles. The summed E-state index contributed by atoms with van der Waals surface area (Å²) in [5, 5.41) is 0. The Hall–Kier alpha value is 0.175. The Bertz CT molecular complexity index is 56.9. The molecule has 0 unspecified atom stereocenters. The van der Waals surface area contributed by atoms with Crippen LogP contribution in [0.3, 0.4) is 0 Å². The maximum atomic E-state index is 9.10. The molecule has 0 bridgehead atoms. The summed E-state index contributed by atoms with van der Waals surface area (Å²) >= 11 is 0. The molecular formula is H4BNO3P. The van der Waals surface area contributed by atoms with Crippen molar-refractivity contribution in [3.8, 4) is 0 Å². The lowest BCUT2D eigenvalue weighted by Gasteiger charge is -1.84. The standard InChI is InChI=1S/B.H4NO3P/c;1-5(2,3)4/h;(H4,1,2,3,4). The van der Waals surface area contributed by atoms with Crippen LogP contribution in [-0.2, 0) is 4.57 Å². The van der Waals surface area contributed by atoms with Gasteiger partial charge in [-0.25, -0.2) is 10.1 Å². The molecule has 6 heteroatoms. The van der Waals surface area contributed by atoms with Gasteiger partial charge in [0, 0.05) is 8.41 Å². The largest absolute Gasteiger partial charge is 0.397 e. The van der Waals surface area contributed by atoms with E-state index in [9.17, 15) is 0 Å². The van der Waals surface area contributed by atoms with Crippen molar-refractivity contribution < 1.29 is 14.4 Å². The van der Waals surface area contributed by atoms with E-state index < -0.39 is 7.75 Å². The predicted octanol–water partition coefficient (Wildman–Crippen LogP) is -1.34. The highest BCUT2D eigenvalue weighted by molar-refractivity contribution is 7.49. The van der Waals surface area contributed by atoms with Gasteiger partial charge in [0.1, 0.15) is 0 Å². The minimum absolute atomic E-state index is 0. The highest BCUT2D eigenvalue weighted by Crippen LogP contribution is 2.20. The molecule has 4 nitrogen and oxygen atoms in total. The lowest BCUT2D eigenvalue weighted by atomic mass is 10.8. The van der Waals surface area contributed by atoms with Crippen molar-refractivity contribution in [2.45, 2.75) is 0 Å². The summed E-state index contributed by atoms with van der Waals surface area (Å²) in [5.41, 5.74) is 4.02. The van der Waals surface area contributed by atoms with E-state index in [-0.39, 0.29) is 8.41 Å². The van der Waals surface area contributed by atoms with Crippen LogP contribution in [0.15, 0.2) is 0 Å². The SMILES string of the molecule is NP(=O)(O)O.[B]. The smallest absolute Gasteiger partial charge is 0.313 e. The quantitative estimate of drug-likeness (QED) is 0.264. The van der Waals surface area contributed by atoms with Crippen LogP contribution in [0.4, 0.5) is 0 Å². The van der Waals surface area contributed by atoms with Crippen molar-refractivity contribution in [1.82, 2.24) is 0 Å². The van der Waals surface area contributed by atoms with E-state index in [2.05, 4.69) is 5.50 Å². The lowest BCUT2D eigenvalue weighted by Crippen LogP contribution is -1.87. The molecule has 0 fully saturated rings. The van der Waals surface area contributed by atoms with Gasteiger partial charge in [-0.3, -0.25) is 0 Å².